The Hall–Kier alpha value is -1.95. The van der Waals surface area contributed by atoms with Gasteiger partial charge in [-0.2, -0.15) is 5.10 Å². The first-order valence-electron chi connectivity index (χ1n) is 5.88. The summed E-state index contributed by atoms with van der Waals surface area (Å²) in [5, 5.41) is 7.66. The Morgan fingerprint density at radius 2 is 2.22 bits per heavy atom. The van der Waals surface area contributed by atoms with Gasteiger partial charge in [0.25, 0.3) is 0 Å². The summed E-state index contributed by atoms with van der Waals surface area (Å²) in [5.41, 5.74) is 8.56. The molecule has 0 aromatic carbocycles. The smallest absolute Gasteiger partial charge is 0.130 e. The number of hydrogen-bond donors (Lipinski definition) is 2. The highest BCUT2D eigenvalue weighted by Gasteiger charge is 2.12. The van der Waals surface area contributed by atoms with E-state index in [4.69, 9.17) is 5.73 Å². The van der Waals surface area contributed by atoms with E-state index >= 15 is 0 Å². The van der Waals surface area contributed by atoms with Crippen LogP contribution in [0.15, 0.2) is 18.6 Å². The molecule has 0 radical (unpaired) electrons. The fourth-order valence-electron chi connectivity index (χ4n) is 1.93. The predicted molar refractivity (Wildman–Crippen MR) is 69.9 cm³/mol. The molecule has 96 valence electrons. The number of nitrogens with one attached hydrogen (secondary N) is 1. The van der Waals surface area contributed by atoms with E-state index in [1.54, 1.807) is 0 Å². The van der Waals surface area contributed by atoms with Gasteiger partial charge in [0.1, 0.15) is 12.1 Å². The van der Waals surface area contributed by atoms with Crippen LogP contribution in [0.4, 0.5) is 5.82 Å². The van der Waals surface area contributed by atoms with E-state index in [0.29, 0.717) is 6.54 Å². The van der Waals surface area contributed by atoms with Gasteiger partial charge in [-0.25, -0.2) is 9.97 Å². The topological polar surface area (TPSA) is 81.7 Å². The van der Waals surface area contributed by atoms with Crippen LogP contribution in [0, 0.1) is 6.92 Å². The minimum Gasteiger partial charge on any atom is -0.363 e. The lowest BCUT2D eigenvalue weighted by atomic mass is 10.1. The van der Waals surface area contributed by atoms with Crippen LogP contribution in [0.1, 0.15) is 29.9 Å². The first kappa shape index (κ1) is 12.5. The van der Waals surface area contributed by atoms with Gasteiger partial charge in [0, 0.05) is 31.4 Å². The molecule has 2 aromatic rings. The van der Waals surface area contributed by atoms with Crippen molar-refractivity contribution in [2.75, 3.05) is 5.32 Å². The monoisotopic (exact) mass is 246 g/mol. The molecule has 0 saturated heterocycles. The van der Waals surface area contributed by atoms with Crippen molar-refractivity contribution in [2.24, 2.45) is 12.8 Å². The molecule has 1 unspecified atom stereocenters. The predicted octanol–water partition coefficient (Wildman–Crippen LogP) is 1.15. The molecule has 2 rings (SSSR count). The van der Waals surface area contributed by atoms with Crippen molar-refractivity contribution in [2.45, 2.75) is 26.4 Å². The third kappa shape index (κ3) is 2.65. The van der Waals surface area contributed by atoms with E-state index in [0.717, 1.165) is 22.8 Å². The summed E-state index contributed by atoms with van der Waals surface area (Å²) in [6, 6.07) is 2.00. The second-order valence-electron chi connectivity index (χ2n) is 4.31. The van der Waals surface area contributed by atoms with Crippen molar-refractivity contribution in [3.8, 4) is 0 Å². The Labute approximate surface area is 106 Å². The van der Waals surface area contributed by atoms with Crippen molar-refractivity contribution >= 4 is 5.82 Å². The van der Waals surface area contributed by atoms with Crippen LogP contribution < -0.4 is 11.1 Å². The van der Waals surface area contributed by atoms with Crippen LogP contribution >= 0.6 is 0 Å². The molecule has 2 heterocycles. The lowest BCUT2D eigenvalue weighted by molar-refractivity contribution is 0.756. The Morgan fingerprint density at radius 1 is 1.44 bits per heavy atom. The minimum atomic E-state index is 0.138. The summed E-state index contributed by atoms with van der Waals surface area (Å²) in [6.45, 7) is 4.49. The van der Waals surface area contributed by atoms with Gasteiger partial charge < -0.3 is 11.1 Å². The fraction of sp³-hybridized carbons (Fsp3) is 0.417. The van der Waals surface area contributed by atoms with E-state index in [-0.39, 0.29) is 6.04 Å². The maximum absolute atomic E-state index is 5.56. The van der Waals surface area contributed by atoms with Crippen LogP contribution in [0.5, 0.6) is 0 Å². The highest BCUT2D eigenvalue weighted by atomic mass is 15.3. The molecular weight excluding hydrogens is 228 g/mol. The van der Waals surface area contributed by atoms with Crippen molar-refractivity contribution in [3.05, 3.63) is 35.5 Å². The summed E-state index contributed by atoms with van der Waals surface area (Å²) in [5.74, 6) is 0.779. The van der Waals surface area contributed by atoms with E-state index in [1.807, 2.05) is 30.9 Å². The van der Waals surface area contributed by atoms with Crippen LogP contribution in [0.2, 0.25) is 0 Å². The molecule has 6 nitrogen and oxygen atoms in total. The zero-order chi connectivity index (χ0) is 13.1. The van der Waals surface area contributed by atoms with Gasteiger partial charge in [0.05, 0.1) is 17.4 Å². The number of aromatic nitrogens is 4. The Morgan fingerprint density at radius 3 is 2.83 bits per heavy atom. The van der Waals surface area contributed by atoms with E-state index in [1.165, 1.54) is 6.33 Å². The maximum Gasteiger partial charge on any atom is 0.130 e. The van der Waals surface area contributed by atoms with Gasteiger partial charge in [0.2, 0.25) is 0 Å². The number of nitrogens with zero attached hydrogens (tertiary/aromatic N) is 4. The highest BCUT2D eigenvalue weighted by molar-refractivity contribution is 5.38. The molecule has 0 aliphatic heterocycles. The zero-order valence-electron chi connectivity index (χ0n) is 10.9. The molecular formula is C12H18N6. The third-order valence-electron chi connectivity index (χ3n) is 2.82. The Bertz CT molecular complexity index is 533. The van der Waals surface area contributed by atoms with Crippen LogP contribution in [-0.4, -0.2) is 19.7 Å². The van der Waals surface area contributed by atoms with Crippen molar-refractivity contribution < 1.29 is 0 Å². The van der Waals surface area contributed by atoms with Crippen molar-refractivity contribution in [1.82, 2.24) is 19.7 Å². The normalized spacial score (nSPS) is 12.4. The largest absolute Gasteiger partial charge is 0.363 e. The molecule has 0 amide bonds. The molecule has 0 aliphatic carbocycles. The molecule has 3 N–H and O–H groups in total. The van der Waals surface area contributed by atoms with Crippen LogP contribution in [0.3, 0.4) is 0 Å². The number of aryl methyl sites for hydroxylation is 2. The number of anilines is 1. The van der Waals surface area contributed by atoms with E-state index in [9.17, 15) is 0 Å². The minimum absolute atomic E-state index is 0.138. The summed E-state index contributed by atoms with van der Waals surface area (Å²) in [4.78, 5) is 8.25. The molecule has 0 spiro atoms. The second kappa shape index (κ2) is 5.14. The summed E-state index contributed by atoms with van der Waals surface area (Å²) in [6.07, 6.45) is 3.53. The molecule has 0 bridgehead atoms. The van der Waals surface area contributed by atoms with E-state index in [2.05, 4.69) is 27.3 Å². The van der Waals surface area contributed by atoms with Crippen LogP contribution in [-0.2, 0) is 13.6 Å². The average Bonchev–Trinajstić information content (AvgIpc) is 2.69. The maximum atomic E-state index is 5.56. The average molecular weight is 246 g/mol. The molecule has 18 heavy (non-hydrogen) atoms. The van der Waals surface area contributed by atoms with E-state index < -0.39 is 0 Å². The molecule has 0 aliphatic rings. The van der Waals surface area contributed by atoms with Crippen molar-refractivity contribution in [3.63, 3.8) is 0 Å². The van der Waals surface area contributed by atoms with Gasteiger partial charge >= 0.3 is 0 Å². The van der Waals surface area contributed by atoms with Gasteiger partial charge in [-0.05, 0) is 13.8 Å². The second-order valence-corrected chi connectivity index (χ2v) is 4.31. The first-order chi connectivity index (χ1) is 8.60. The van der Waals surface area contributed by atoms with Gasteiger partial charge in [0.15, 0.2) is 0 Å². The van der Waals surface area contributed by atoms with Gasteiger partial charge in [-0.1, -0.05) is 0 Å². The van der Waals surface area contributed by atoms with Gasteiger partial charge in [-0.15, -0.1) is 0 Å². The lowest BCUT2D eigenvalue weighted by Gasteiger charge is -2.14. The summed E-state index contributed by atoms with van der Waals surface area (Å²) in [7, 11) is 1.92. The standard InChI is InChI=1S/C12H18N6/c1-8(11-6-18(3)17-9(11)2)16-12-4-10(5-13)14-7-15-12/h4,6-8H,5,13H2,1-3H3,(H,14,15,16). The van der Waals surface area contributed by atoms with Crippen LogP contribution in [0.25, 0.3) is 0 Å². The third-order valence-corrected chi connectivity index (χ3v) is 2.82. The van der Waals surface area contributed by atoms with Crippen molar-refractivity contribution in [1.29, 1.82) is 0 Å². The summed E-state index contributed by atoms with van der Waals surface area (Å²) < 4.78 is 1.81. The molecule has 1 atom stereocenters. The first-order valence-corrected chi connectivity index (χ1v) is 5.88. The quantitative estimate of drug-likeness (QED) is 0.845. The number of hydrogen-bond acceptors (Lipinski definition) is 5. The molecule has 0 fully saturated rings. The zero-order valence-corrected chi connectivity index (χ0v) is 10.9. The fourth-order valence-corrected chi connectivity index (χ4v) is 1.93. The molecule has 2 aromatic heterocycles. The number of nitrogens with two attached hydrogens (primary N) is 1. The molecule has 6 heteroatoms. The lowest BCUT2D eigenvalue weighted by Crippen LogP contribution is -2.10. The number of rotatable bonds is 4. The highest BCUT2D eigenvalue weighted by Crippen LogP contribution is 2.20. The van der Waals surface area contributed by atoms with Gasteiger partial charge in [-0.3, -0.25) is 4.68 Å². The summed E-state index contributed by atoms with van der Waals surface area (Å²) >= 11 is 0. The Kier molecular flexibility index (Phi) is 3.57. The molecule has 0 saturated carbocycles. The SMILES string of the molecule is Cc1nn(C)cc1C(C)Nc1cc(CN)ncn1. The Balaban J connectivity index is 2.15.